The zero-order valence-electron chi connectivity index (χ0n) is 11.1. The topological polar surface area (TPSA) is 0 Å². The van der Waals surface area contributed by atoms with E-state index in [9.17, 15) is 0 Å². The van der Waals surface area contributed by atoms with Gasteiger partial charge in [-0.3, -0.25) is 0 Å². The number of thioether (sulfide) groups is 2. The monoisotopic (exact) mass is 246 g/mol. The molecular weight excluding hydrogens is 220 g/mol. The highest BCUT2D eigenvalue weighted by Gasteiger charge is 2.31. The molecule has 0 N–H and O–H groups in total. The summed E-state index contributed by atoms with van der Waals surface area (Å²) in [5, 5.41) is 0. The fourth-order valence-corrected chi connectivity index (χ4v) is 6.03. The molecule has 0 radical (unpaired) electrons. The van der Waals surface area contributed by atoms with Crippen molar-refractivity contribution in [2.24, 2.45) is 16.7 Å². The Bertz CT molecular complexity index is 190. The summed E-state index contributed by atoms with van der Waals surface area (Å²) in [6.07, 6.45) is 1.35. The van der Waals surface area contributed by atoms with Crippen molar-refractivity contribution in [2.75, 3.05) is 11.5 Å². The molecule has 0 nitrogen and oxygen atoms in total. The molecule has 2 heteroatoms. The Morgan fingerprint density at radius 2 is 1.40 bits per heavy atom. The van der Waals surface area contributed by atoms with E-state index in [-0.39, 0.29) is 0 Å². The second-order valence-corrected chi connectivity index (χ2v) is 9.69. The summed E-state index contributed by atoms with van der Waals surface area (Å²) in [7, 11) is 0. The van der Waals surface area contributed by atoms with Gasteiger partial charge in [-0.2, -0.15) is 0 Å². The van der Waals surface area contributed by atoms with E-state index in [4.69, 9.17) is 0 Å². The van der Waals surface area contributed by atoms with Crippen LogP contribution >= 0.6 is 23.5 Å². The summed E-state index contributed by atoms with van der Waals surface area (Å²) < 4.78 is 0.837. The van der Waals surface area contributed by atoms with Crippen molar-refractivity contribution in [1.29, 1.82) is 0 Å². The van der Waals surface area contributed by atoms with Crippen LogP contribution in [0, 0.1) is 16.7 Å². The normalized spacial score (nSPS) is 29.2. The van der Waals surface area contributed by atoms with Crippen molar-refractivity contribution in [2.45, 2.75) is 52.5 Å². The Morgan fingerprint density at radius 3 is 1.73 bits per heavy atom. The van der Waals surface area contributed by atoms with Gasteiger partial charge in [-0.25, -0.2) is 0 Å². The van der Waals surface area contributed by atoms with E-state index in [1.54, 1.807) is 0 Å². The summed E-state index contributed by atoms with van der Waals surface area (Å²) in [5.74, 6) is 3.61. The summed E-state index contributed by atoms with van der Waals surface area (Å²) in [5.41, 5.74) is 0.978. The maximum absolute atomic E-state index is 2.38. The minimum Gasteiger partial charge on any atom is -0.147 e. The van der Waals surface area contributed by atoms with Gasteiger partial charge < -0.3 is 0 Å². The van der Waals surface area contributed by atoms with Crippen LogP contribution in [-0.4, -0.2) is 16.1 Å². The van der Waals surface area contributed by atoms with Crippen molar-refractivity contribution in [3.8, 4) is 0 Å². The van der Waals surface area contributed by atoms with Gasteiger partial charge in [0, 0.05) is 0 Å². The first-order valence-corrected chi connectivity index (χ1v) is 8.01. The standard InChI is InChI=1S/C13H26S2/c1-12(2,3)7-11-14-8-10(9-15-11)13(4,5)6/h10-11H,7-9H2,1-6H3. The third kappa shape index (κ3) is 5.04. The van der Waals surface area contributed by atoms with Crippen LogP contribution in [0.15, 0.2) is 0 Å². The van der Waals surface area contributed by atoms with Gasteiger partial charge >= 0.3 is 0 Å². The average Bonchev–Trinajstić information content (AvgIpc) is 2.00. The maximum atomic E-state index is 2.38. The lowest BCUT2D eigenvalue weighted by molar-refractivity contribution is 0.291. The molecule has 0 bridgehead atoms. The van der Waals surface area contributed by atoms with Crippen molar-refractivity contribution < 1.29 is 0 Å². The van der Waals surface area contributed by atoms with E-state index in [0.717, 1.165) is 10.5 Å². The van der Waals surface area contributed by atoms with Gasteiger partial charge in [-0.05, 0) is 34.7 Å². The lowest BCUT2D eigenvalue weighted by Crippen LogP contribution is -2.30. The molecule has 0 aliphatic carbocycles. The van der Waals surface area contributed by atoms with E-state index < -0.39 is 0 Å². The van der Waals surface area contributed by atoms with Crippen LogP contribution in [0.5, 0.6) is 0 Å². The first-order chi connectivity index (χ1) is 6.68. The minimum atomic E-state index is 0.485. The summed E-state index contributed by atoms with van der Waals surface area (Å²) in [4.78, 5) is 0. The third-order valence-corrected chi connectivity index (χ3v) is 6.05. The molecule has 1 fully saturated rings. The summed E-state index contributed by atoms with van der Waals surface area (Å²) in [6, 6.07) is 0. The number of hydrogen-bond donors (Lipinski definition) is 0. The Kier molecular flexibility index (Phi) is 4.51. The van der Waals surface area contributed by atoms with Gasteiger partial charge in [0.25, 0.3) is 0 Å². The predicted molar refractivity (Wildman–Crippen MR) is 75.7 cm³/mol. The highest BCUT2D eigenvalue weighted by Crippen LogP contribution is 2.44. The average molecular weight is 246 g/mol. The molecule has 0 unspecified atom stereocenters. The van der Waals surface area contributed by atoms with Crippen LogP contribution in [-0.2, 0) is 0 Å². The molecule has 1 aliphatic rings. The molecule has 0 aromatic carbocycles. The smallest absolute Gasteiger partial charge is 0.0507 e. The van der Waals surface area contributed by atoms with Crippen molar-refractivity contribution in [3.63, 3.8) is 0 Å². The van der Waals surface area contributed by atoms with Crippen molar-refractivity contribution >= 4 is 23.5 Å². The summed E-state index contributed by atoms with van der Waals surface area (Å²) >= 11 is 4.38. The van der Waals surface area contributed by atoms with Gasteiger partial charge in [-0.1, -0.05) is 41.5 Å². The highest BCUT2D eigenvalue weighted by molar-refractivity contribution is 8.17. The molecule has 0 amide bonds. The Hall–Kier alpha value is 0.700. The number of hydrogen-bond acceptors (Lipinski definition) is 2. The second-order valence-electron chi connectivity index (χ2n) is 6.92. The van der Waals surface area contributed by atoms with Crippen LogP contribution in [0.1, 0.15) is 48.0 Å². The minimum absolute atomic E-state index is 0.485. The van der Waals surface area contributed by atoms with E-state index in [0.29, 0.717) is 10.8 Å². The maximum Gasteiger partial charge on any atom is 0.0507 e. The molecule has 0 atom stereocenters. The van der Waals surface area contributed by atoms with Gasteiger partial charge in [0.1, 0.15) is 0 Å². The van der Waals surface area contributed by atoms with Crippen LogP contribution in [0.25, 0.3) is 0 Å². The SMILES string of the molecule is CC(C)(C)CC1SCC(C(C)(C)C)CS1. The molecular formula is C13H26S2. The lowest BCUT2D eigenvalue weighted by Gasteiger charge is -2.37. The van der Waals surface area contributed by atoms with Crippen molar-refractivity contribution in [3.05, 3.63) is 0 Å². The number of rotatable bonds is 1. The predicted octanol–water partition coefficient (Wildman–Crippen LogP) is 4.89. The molecule has 0 aromatic heterocycles. The molecule has 1 aliphatic heterocycles. The van der Waals surface area contributed by atoms with Crippen LogP contribution in [0.3, 0.4) is 0 Å². The molecule has 15 heavy (non-hydrogen) atoms. The van der Waals surface area contributed by atoms with E-state index >= 15 is 0 Å². The molecule has 1 heterocycles. The molecule has 0 spiro atoms. The van der Waals surface area contributed by atoms with Gasteiger partial charge in [0.05, 0.1) is 4.58 Å². The quantitative estimate of drug-likeness (QED) is 0.646. The fraction of sp³-hybridized carbons (Fsp3) is 1.00. The van der Waals surface area contributed by atoms with Crippen LogP contribution in [0.2, 0.25) is 0 Å². The highest BCUT2D eigenvalue weighted by atomic mass is 32.2. The Labute approximate surface area is 104 Å². The zero-order chi connectivity index (χ0) is 11.7. The fourth-order valence-electron chi connectivity index (χ4n) is 1.66. The largest absolute Gasteiger partial charge is 0.147 e. The first-order valence-electron chi connectivity index (χ1n) is 5.92. The molecule has 0 saturated carbocycles. The Morgan fingerprint density at radius 1 is 0.933 bits per heavy atom. The van der Waals surface area contributed by atoms with E-state index in [1.807, 2.05) is 0 Å². The summed E-state index contributed by atoms with van der Waals surface area (Å²) in [6.45, 7) is 14.2. The third-order valence-electron chi connectivity index (χ3n) is 2.97. The zero-order valence-corrected chi connectivity index (χ0v) is 12.7. The van der Waals surface area contributed by atoms with Crippen LogP contribution < -0.4 is 0 Å². The second kappa shape index (κ2) is 4.91. The van der Waals surface area contributed by atoms with Gasteiger partial charge in [0.15, 0.2) is 0 Å². The molecule has 90 valence electrons. The Balaban J connectivity index is 2.37. The van der Waals surface area contributed by atoms with E-state index in [1.165, 1.54) is 17.9 Å². The lowest BCUT2D eigenvalue weighted by atomic mass is 9.83. The van der Waals surface area contributed by atoms with Gasteiger partial charge in [0.2, 0.25) is 0 Å². The van der Waals surface area contributed by atoms with Crippen molar-refractivity contribution in [1.82, 2.24) is 0 Å². The molecule has 0 aromatic rings. The molecule has 1 saturated heterocycles. The first kappa shape index (κ1) is 13.8. The molecule has 1 rings (SSSR count). The van der Waals surface area contributed by atoms with Crippen LogP contribution in [0.4, 0.5) is 0 Å². The van der Waals surface area contributed by atoms with Gasteiger partial charge in [-0.15, -0.1) is 23.5 Å². The van der Waals surface area contributed by atoms with E-state index in [2.05, 4.69) is 65.1 Å².